The standard InChI is InChI=1S/C16H24BrN3/c1-12(18)9-13-10-14(17)4-5-16(13)20-8-7-19-6-2-3-15(19)11-20/h4-5,10,12,15H,2-3,6-9,11,18H2,1H3. The second-order valence-electron chi connectivity index (χ2n) is 6.23. The Morgan fingerprint density at radius 2 is 2.20 bits per heavy atom. The molecule has 110 valence electrons. The van der Waals surface area contributed by atoms with Gasteiger partial charge in [0.1, 0.15) is 0 Å². The van der Waals surface area contributed by atoms with Crippen molar-refractivity contribution in [3.63, 3.8) is 0 Å². The lowest BCUT2D eigenvalue weighted by molar-refractivity contribution is 0.231. The van der Waals surface area contributed by atoms with Crippen LogP contribution < -0.4 is 10.6 Å². The maximum Gasteiger partial charge on any atom is 0.0401 e. The highest BCUT2D eigenvalue weighted by Crippen LogP contribution is 2.30. The molecule has 2 fully saturated rings. The van der Waals surface area contributed by atoms with E-state index in [2.05, 4.69) is 50.9 Å². The summed E-state index contributed by atoms with van der Waals surface area (Å²) >= 11 is 3.59. The lowest BCUT2D eigenvalue weighted by Crippen LogP contribution is -2.50. The average molecular weight is 338 g/mol. The molecule has 0 aliphatic carbocycles. The van der Waals surface area contributed by atoms with Gasteiger partial charge in [0.2, 0.25) is 0 Å². The minimum atomic E-state index is 0.204. The number of hydrogen-bond donors (Lipinski definition) is 1. The van der Waals surface area contributed by atoms with Crippen molar-refractivity contribution in [2.45, 2.75) is 38.3 Å². The van der Waals surface area contributed by atoms with Gasteiger partial charge in [-0.05, 0) is 56.5 Å². The predicted octanol–water partition coefficient (Wildman–Crippen LogP) is 2.62. The summed E-state index contributed by atoms with van der Waals surface area (Å²) in [6.45, 7) is 6.90. The Hall–Kier alpha value is -0.580. The van der Waals surface area contributed by atoms with Gasteiger partial charge in [0.05, 0.1) is 0 Å². The fourth-order valence-electron chi connectivity index (χ4n) is 3.58. The summed E-state index contributed by atoms with van der Waals surface area (Å²) in [6.07, 6.45) is 3.67. The third-order valence-corrected chi connectivity index (χ3v) is 5.00. The first-order valence-electron chi connectivity index (χ1n) is 7.66. The minimum Gasteiger partial charge on any atom is -0.368 e. The Balaban J connectivity index is 1.82. The van der Waals surface area contributed by atoms with Gasteiger partial charge in [0.25, 0.3) is 0 Å². The molecule has 1 aromatic carbocycles. The molecule has 0 bridgehead atoms. The SMILES string of the molecule is CC(N)Cc1cc(Br)ccc1N1CCN2CCCC2C1. The molecule has 2 atom stereocenters. The Kier molecular flexibility index (Phi) is 4.34. The number of rotatable bonds is 3. The Morgan fingerprint density at radius 1 is 1.35 bits per heavy atom. The summed E-state index contributed by atoms with van der Waals surface area (Å²) in [6, 6.07) is 7.61. The molecule has 4 heteroatoms. The topological polar surface area (TPSA) is 32.5 Å². The smallest absolute Gasteiger partial charge is 0.0401 e. The van der Waals surface area contributed by atoms with Crippen LogP contribution in [0.4, 0.5) is 5.69 Å². The number of hydrogen-bond acceptors (Lipinski definition) is 3. The van der Waals surface area contributed by atoms with Crippen molar-refractivity contribution < 1.29 is 0 Å². The molecule has 20 heavy (non-hydrogen) atoms. The van der Waals surface area contributed by atoms with Crippen LogP contribution in [-0.4, -0.2) is 43.2 Å². The fourth-order valence-corrected chi connectivity index (χ4v) is 3.99. The highest BCUT2D eigenvalue weighted by Gasteiger charge is 2.31. The van der Waals surface area contributed by atoms with Crippen molar-refractivity contribution in [2.75, 3.05) is 31.1 Å². The van der Waals surface area contributed by atoms with Gasteiger partial charge in [-0.2, -0.15) is 0 Å². The van der Waals surface area contributed by atoms with E-state index in [4.69, 9.17) is 5.73 Å². The molecule has 3 nitrogen and oxygen atoms in total. The molecule has 2 unspecified atom stereocenters. The van der Waals surface area contributed by atoms with Crippen molar-refractivity contribution in [3.05, 3.63) is 28.2 Å². The van der Waals surface area contributed by atoms with Crippen molar-refractivity contribution in [1.29, 1.82) is 0 Å². The number of benzene rings is 1. The monoisotopic (exact) mass is 337 g/mol. The maximum absolute atomic E-state index is 6.02. The van der Waals surface area contributed by atoms with E-state index in [9.17, 15) is 0 Å². The van der Waals surface area contributed by atoms with Crippen molar-refractivity contribution in [2.24, 2.45) is 5.73 Å². The first-order chi connectivity index (χ1) is 9.63. The van der Waals surface area contributed by atoms with E-state index < -0.39 is 0 Å². The average Bonchev–Trinajstić information content (AvgIpc) is 2.85. The predicted molar refractivity (Wildman–Crippen MR) is 88.3 cm³/mol. The van der Waals surface area contributed by atoms with Crippen molar-refractivity contribution in [1.82, 2.24) is 4.90 Å². The van der Waals surface area contributed by atoms with Gasteiger partial charge >= 0.3 is 0 Å². The molecule has 2 saturated heterocycles. The van der Waals surface area contributed by atoms with Gasteiger partial charge < -0.3 is 10.6 Å². The molecule has 0 amide bonds. The van der Waals surface area contributed by atoms with E-state index in [1.54, 1.807) is 0 Å². The van der Waals surface area contributed by atoms with Gasteiger partial charge in [-0.25, -0.2) is 0 Å². The molecule has 2 aliphatic rings. The van der Waals surface area contributed by atoms with Gasteiger partial charge in [-0.3, -0.25) is 4.90 Å². The summed E-state index contributed by atoms with van der Waals surface area (Å²) in [7, 11) is 0. The lowest BCUT2D eigenvalue weighted by Gasteiger charge is -2.39. The molecule has 0 radical (unpaired) electrons. The molecule has 3 rings (SSSR count). The summed E-state index contributed by atoms with van der Waals surface area (Å²) < 4.78 is 1.15. The zero-order valence-electron chi connectivity index (χ0n) is 12.2. The normalized spacial score (nSPS) is 24.8. The van der Waals surface area contributed by atoms with Crippen LogP contribution in [0.5, 0.6) is 0 Å². The highest BCUT2D eigenvalue weighted by atomic mass is 79.9. The largest absolute Gasteiger partial charge is 0.368 e. The van der Waals surface area contributed by atoms with Crippen LogP contribution in [0, 0.1) is 0 Å². The Morgan fingerprint density at radius 3 is 3.00 bits per heavy atom. The number of piperazine rings is 1. The van der Waals surface area contributed by atoms with Crippen LogP contribution in [0.3, 0.4) is 0 Å². The Labute approximate surface area is 130 Å². The number of nitrogens with two attached hydrogens (primary N) is 1. The molecule has 0 saturated carbocycles. The van der Waals surface area contributed by atoms with Crippen LogP contribution in [0.25, 0.3) is 0 Å². The van der Waals surface area contributed by atoms with E-state index >= 15 is 0 Å². The fraction of sp³-hybridized carbons (Fsp3) is 0.625. The van der Waals surface area contributed by atoms with E-state index in [-0.39, 0.29) is 6.04 Å². The van der Waals surface area contributed by atoms with E-state index in [1.165, 1.54) is 43.7 Å². The van der Waals surface area contributed by atoms with Crippen LogP contribution in [0.2, 0.25) is 0 Å². The number of halogens is 1. The summed E-state index contributed by atoms with van der Waals surface area (Å²) in [5.41, 5.74) is 8.78. The molecule has 0 spiro atoms. The lowest BCUT2D eigenvalue weighted by atomic mass is 10.0. The van der Waals surface area contributed by atoms with Gasteiger partial charge in [0.15, 0.2) is 0 Å². The molecule has 1 aromatic rings. The third kappa shape index (κ3) is 3.02. The van der Waals surface area contributed by atoms with Gasteiger partial charge in [0, 0.05) is 41.9 Å². The van der Waals surface area contributed by atoms with Gasteiger partial charge in [-0.1, -0.05) is 15.9 Å². The van der Waals surface area contributed by atoms with Crippen LogP contribution in [0.15, 0.2) is 22.7 Å². The van der Waals surface area contributed by atoms with E-state index in [0.29, 0.717) is 0 Å². The molecule has 2 aliphatic heterocycles. The zero-order valence-corrected chi connectivity index (χ0v) is 13.8. The molecule has 2 N–H and O–H groups in total. The summed E-state index contributed by atoms with van der Waals surface area (Å²) in [5, 5.41) is 0. The van der Waals surface area contributed by atoms with Crippen molar-refractivity contribution >= 4 is 21.6 Å². The van der Waals surface area contributed by atoms with E-state index in [1.807, 2.05) is 0 Å². The first kappa shape index (κ1) is 14.4. The van der Waals surface area contributed by atoms with Crippen molar-refractivity contribution in [3.8, 4) is 0 Å². The van der Waals surface area contributed by atoms with E-state index in [0.717, 1.165) is 23.5 Å². The van der Waals surface area contributed by atoms with Crippen LogP contribution in [-0.2, 0) is 6.42 Å². The second kappa shape index (κ2) is 6.04. The van der Waals surface area contributed by atoms with Gasteiger partial charge in [-0.15, -0.1) is 0 Å². The molecular formula is C16H24BrN3. The maximum atomic E-state index is 6.02. The number of anilines is 1. The quantitative estimate of drug-likeness (QED) is 0.920. The Bertz CT molecular complexity index is 475. The van der Waals surface area contributed by atoms with Crippen LogP contribution in [0.1, 0.15) is 25.3 Å². The zero-order chi connectivity index (χ0) is 14.1. The highest BCUT2D eigenvalue weighted by molar-refractivity contribution is 9.10. The molecule has 2 heterocycles. The minimum absolute atomic E-state index is 0.204. The molecule has 0 aromatic heterocycles. The summed E-state index contributed by atoms with van der Waals surface area (Å²) in [4.78, 5) is 5.22. The molecular weight excluding hydrogens is 314 g/mol. The number of nitrogens with zero attached hydrogens (tertiary/aromatic N) is 2. The number of fused-ring (bicyclic) bond motifs is 1. The summed E-state index contributed by atoms with van der Waals surface area (Å²) in [5.74, 6) is 0. The second-order valence-corrected chi connectivity index (χ2v) is 7.15. The third-order valence-electron chi connectivity index (χ3n) is 4.51. The first-order valence-corrected chi connectivity index (χ1v) is 8.46. The van der Waals surface area contributed by atoms with Crippen LogP contribution >= 0.6 is 15.9 Å².